The summed E-state index contributed by atoms with van der Waals surface area (Å²) in [5, 5.41) is 14.0. The summed E-state index contributed by atoms with van der Waals surface area (Å²) < 4.78 is 27.7. The van der Waals surface area contributed by atoms with Gasteiger partial charge in [0.1, 0.15) is 35.2 Å². The molecule has 6 rings (SSSR count). The number of benzene rings is 2. The molecular weight excluding hydrogens is 684 g/mol. The molecule has 14 nitrogen and oxygen atoms in total. The Hall–Kier alpha value is -4.38. The summed E-state index contributed by atoms with van der Waals surface area (Å²) in [6, 6.07) is 10.2. The Balaban J connectivity index is 0.00000486. The molecule has 50 heavy (non-hydrogen) atoms. The first-order valence-corrected chi connectivity index (χ1v) is 16.5. The molecule has 2 fully saturated rings. The predicted molar refractivity (Wildman–Crippen MR) is 173 cm³/mol. The Bertz CT molecular complexity index is 1930. The summed E-state index contributed by atoms with van der Waals surface area (Å²) in [5.41, 5.74) is -0.866. The molecule has 0 bridgehead atoms. The maximum absolute atomic E-state index is 15.3. The van der Waals surface area contributed by atoms with Crippen molar-refractivity contribution in [3.63, 3.8) is 0 Å². The molecule has 3 aromatic rings. The van der Waals surface area contributed by atoms with E-state index in [1.807, 2.05) is 0 Å². The van der Waals surface area contributed by atoms with Crippen molar-refractivity contribution in [3.05, 3.63) is 81.5 Å². The van der Waals surface area contributed by atoms with Crippen LogP contribution in [0.3, 0.4) is 0 Å². The summed E-state index contributed by atoms with van der Waals surface area (Å²) in [6.45, 7) is 2.87. The number of pyridine rings is 1. The van der Waals surface area contributed by atoms with E-state index in [4.69, 9.17) is 9.47 Å². The van der Waals surface area contributed by atoms with E-state index < -0.39 is 58.7 Å². The van der Waals surface area contributed by atoms with Crippen LogP contribution in [0.25, 0.3) is 10.9 Å². The average molecular weight is 716 g/mol. The number of β-lactam (4-membered cyclic amide) rings is 1. The number of hydrogen-bond donors (Lipinski definition) is 1. The van der Waals surface area contributed by atoms with Gasteiger partial charge in [-0.2, -0.15) is 0 Å². The number of aryl methyl sites for hydroxylation is 1. The van der Waals surface area contributed by atoms with Gasteiger partial charge in [-0.15, -0.1) is 11.8 Å². The second-order valence-electron chi connectivity index (χ2n) is 11.5. The Morgan fingerprint density at radius 1 is 1.10 bits per heavy atom. The number of para-hydroxylation sites is 1. The van der Waals surface area contributed by atoms with Gasteiger partial charge in [0.2, 0.25) is 11.8 Å². The number of hydrogen-bond acceptors (Lipinski definition) is 11. The van der Waals surface area contributed by atoms with Gasteiger partial charge in [-0.3, -0.25) is 24.1 Å². The Kier molecular flexibility index (Phi) is 11.6. The number of aliphatic carboxylic acids is 1. The number of anilines is 1. The van der Waals surface area contributed by atoms with E-state index in [1.54, 1.807) is 57.7 Å². The molecule has 0 radical (unpaired) electrons. The largest absolute Gasteiger partial charge is 1.00 e. The SMILES string of the molecule is CCn1cc(C(=O)OCC2=C(C(=O)[O-])N3C(=O)[C@@H](NC(=O)COc4ccccc4)[C@H]3SC2)c(=O)c2cc(F)c(N3CCN(C=O)CC3)cc21.[Na+]. The summed E-state index contributed by atoms with van der Waals surface area (Å²) in [4.78, 5) is 79.6. The molecule has 17 heteroatoms. The molecular formula is C33H31FN5NaO9S. The molecule has 0 unspecified atom stereocenters. The minimum absolute atomic E-state index is 0. The standard InChI is InChI=1S/C33H32FN5O9S.Na/c1-2-37-14-22(29(42)21-12-23(34)25(13-24(21)37)38-10-8-36(18-40)9-11-38)33(46)48-15-19-17-49-31-27(30(43)39(31)28(19)32(44)45)35-26(41)16-47-20-6-4-3-5-7-20;/h3-7,12-14,18,27,31H,2,8-11,15-17H2,1H3,(H,35,41)(H,44,45);/q;+1/p-1/t27-,31-;/m1./s1. The van der Waals surface area contributed by atoms with Gasteiger partial charge >= 0.3 is 35.5 Å². The third kappa shape index (κ3) is 7.24. The summed E-state index contributed by atoms with van der Waals surface area (Å²) in [6.07, 6.45) is 2.06. The van der Waals surface area contributed by atoms with Gasteiger partial charge in [0.15, 0.2) is 6.61 Å². The maximum Gasteiger partial charge on any atom is 1.00 e. The van der Waals surface area contributed by atoms with Gasteiger partial charge in [0, 0.05) is 55.6 Å². The molecule has 2 saturated heterocycles. The third-order valence-corrected chi connectivity index (χ3v) is 9.90. The van der Waals surface area contributed by atoms with Crippen molar-refractivity contribution < 1.29 is 72.5 Å². The maximum atomic E-state index is 15.3. The van der Waals surface area contributed by atoms with Crippen LogP contribution in [0, 0.1) is 5.82 Å². The minimum Gasteiger partial charge on any atom is -0.543 e. The Morgan fingerprint density at radius 2 is 1.82 bits per heavy atom. The fourth-order valence-corrected chi connectivity index (χ4v) is 7.34. The van der Waals surface area contributed by atoms with Gasteiger partial charge < -0.3 is 39.1 Å². The topological polar surface area (TPSA) is 171 Å². The number of carboxylic acids is 1. The second-order valence-corrected chi connectivity index (χ2v) is 12.6. The number of ether oxygens (including phenoxy) is 2. The molecule has 2 atom stereocenters. The number of carboxylic acid groups (broad SMARTS) is 1. The monoisotopic (exact) mass is 715 g/mol. The van der Waals surface area contributed by atoms with Crippen LogP contribution in [-0.4, -0.2) is 101 Å². The van der Waals surface area contributed by atoms with E-state index >= 15 is 4.39 Å². The van der Waals surface area contributed by atoms with E-state index in [0.717, 1.165) is 29.1 Å². The molecule has 1 aromatic heterocycles. The number of nitrogens with zero attached hydrogens (tertiary/aromatic N) is 4. The molecule has 3 amide bonds. The first kappa shape index (κ1) is 36.9. The zero-order valence-electron chi connectivity index (χ0n) is 27.3. The van der Waals surface area contributed by atoms with Crippen LogP contribution < -0.4 is 55.0 Å². The average Bonchev–Trinajstić information content (AvgIpc) is 3.12. The van der Waals surface area contributed by atoms with E-state index in [2.05, 4.69) is 5.32 Å². The van der Waals surface area contributed by atoms with Crippen LogP contribution in [0.5, 0.6) is 5.75 Å². The van der Waals surface area contributed by atoms with Crippen molar-refractivity contribution in [1.29, 1.82) is 0 Å². The fourth-order valence-electron chi connectivity index (χ4n) is 6.01. The molecule has 3 aliphatic rings. The number of piperazine rings is 1. The summed E-state index contributed by atoms with van der Waals surface area (Å²) >= 11 is 1.16. The number of rotatable bonds is 11. The fraction of sp³-hybridized carbons (Fsp3) is 0.333. The van der Waals surface area contributed by atoms with Crippen molar-refractivity contribution in [1.82, 2.24) is 19.7 Å². The van der Waals surface area contributed by atoms with Gasteiger partial charge in [-0.1, -0.05) is 18.2 Å². The smallest absolute Gasteiger partial charge is 0.543 e. The normalized spacial score (nSPS) is 18.5. The molecule has 0 aliphatic carbocycles. The zero-order valence-corrected chi connectivity index (χ0v) is 30.1. The Labute approximate surface area is 311 Å². The molecule has 2 aromatic carbocycles. The van der Waals surface area contributed by atoms with Crippen molar-refractivity contribution in [2.24, 2.45) is 0 Å². The molecule has 4 heterocycles. The van der Waals surface area contributed by atoms with Gasteiger partial charge in [0.25, 0.3) is 11.8 Å². The number of carbonyl (C=O) groups excluding carboxylic acids is 5. The first-order chi connectivity index (χ1) is 23.6. The number of nitrogens with one attached hydrogen (secondary N) is 1. The predicted octanol–water partition coefficient (Wildman–Crippen LogP) is -2.92. The van der Waals surface area contributed by atoms with Crippen molar-refractivity contribution in [2.75, 3.05) is 50.0 Å². The third-order valence-electron chi connectivity index (χ3n) is 8.56. The van der Waals surface area contributed by atoms with Crippen molar-refractivity contribution in [3.8, 4) is 5.75 Å². The van der Waals surface area contributed by atoms with E-state index in [9.17, 15) is 33.9 Å². The van der Waals surface area contributed by atoms with Crippen molar-refractivity contribution >= 4 is 58.5 Å². The first-order valence-electron chi connectivity index (χ1n) is 15.4. The molecule has 1 N–H and O–H groups in total. The molecule has 0 saturated carbocycles. The van der Waals surface area contributed by atoms with Crippen LogP contribution in [0.2, 0.25) is 0 Å². The minimum atomic E-state index is -1.67. The Morgan fingerprint density at radius 3 is 2.48 bits per heavy atom. The molecule has 256 valence electrons. The number of esters is 1. The van der Waals surface area contributed by atoms with E-state index in [1.165, 1.54) is 6.20 Å². The van der Waals surface area contributed by atoms with Gasteiger partial charge in [0.05, 0.1) is 22.9 Å². The zero-order chi connectivity index (χ0) is 34.8. The van der Waals surface area contributed by atoms with Crippen LogP contribution in [0.1, 0.15) is 17.3 Å². The second kappa shape index (κ2) is 15.7. The van der Waals surface area contributed by atoms with Crippen LogP contribution in [0.4, 0.5) is 10.1 Å². The van der Waals surface area contributed by atoms with Crippen molar-refractivity contribution in [2.45, 2.75) is 24.9 Å². The summed E-state index contributed by atoms with van der Waals surface area (Å²) in [5.74, 6) is -4.13. The molecule has 3 aliphatic heterocycles. The number of halogens is 1. The number of fused-ring (bicyclic) bond motifs is 2. The summed E-state index contributed by atoms with van der Waals surface area (Å²) in [7, 11) is 0. The quantitative estimate of drug-likeness (QED) is 0.0935. The molecule has 0 spiro atoms. The van der Waals surface area contributed by atoms with Gasteiger partial charge in [-0.05, 0) is 31.2 Å². The van der Waals surface area contributed by atoms with Crippen LogP contribution >= 0.6 is 11.8 Å². The van der Waals surface area contributed by atoms with Crippen LogP contribution in [-0.2, 0) is 30.5 Å². The number of thioether (sulfide) groups is 1. The number of aromatic nitrogens is 1. The van der Waals surface area contributed by atoms with Crippen LogP contribution in [0.15, 0.2) is 64.7 Å². The number of carbonyl (C=O) groups is 5. The van der Waals surface area contributed by atoms with Gasteiger partial charge in [-0.25, -0.2) is 9.18 Å². The number of amides is 3. The van der Waals surface area contributed by atoms with E-state index in [0.29, 0.717) is 44.0 Å². The van der Waals surface area contributed by atoms with E-state index in [-0.39, 0.29) is 64.1 Å².